The summed E-state index contributed by atoms with van der Waals surface area (Å²) in [6.07, 6.45) is 1.55. The highest BCUT2D eigenvalue weighted by Crippen LogP contribution is 2.23. The van der Waals surface area contributed by atoms with Crippen LogP contribution in [0.2, 0.25) is 5.02 Å². The Morgan fingerprint density at radius 3 is 2.81 bits per heavy atom. The van der Waals surface area contributed by atoms with Gasteiger partial charge in [-0.3, -0.25) is 0 Å². The maximum Gasteiger partial charge on any atom is 0.178 e. The lowest BCUT2D eigenvalue weighted by atomic mass is 10.1. The summed E-state index contributed by atoms with van der Waals surface area (Å²) in [5.74, 6) is -0.504. The highest BCUT2D eigenvalue weighted by atomic mass is 35.5. The molecule has 2 heterocycles. The Hall–Kier alpha value is -2.05. The van der Waals surface area contributed by atoms with Crippen molar-refractivity contribution < 1.29 is 9.90 Å². The highest BCUT2D eigenvalue weighted by molar-refractivity contribution is 7.98. The number of hydrogen-bond acceptors (Lipinski definition) is 5. The Morgan fingerprint density at radius 1 is 1.33 bits per heavy atom. The number of thioether (sulfide) groups is 1. The van der Waals surface area contributed by atoms with Gasteiger partial charge in [0.2, 0.25) is 0 Å². The fourth-order valence-electron chi connectivity index (χ4n) is 1.81. The van der Waals surface area contributed by atoms with Crippen molar-refractivity contribution in [2.75, 3.05) is 0 Å². The Bertz CT molecular complexity index is 802. The number of carbonyl (C=O) groups is 1. The number of fused-ring (bicyclic) bond motifs is 1. The van der Waals surface area contributed by atoms with Gasteiger partial charge in [-0.15, -0.1) is 0 Å². The van der Waals surface area contributed by atoms with Crippen molar-refractivity contribution in [2.24, 2.45) is 0 Å². The van der Waals surface area contributed by atoms with Gasteiger partial charge in [-0.2, -0.15) is 0 Å². The van der Waals surface area contributed by atoms with Gasteiger partial charge >= 0.3 is 0 Å². The number of rotatable bonds is 4. The van der Waals surface area contributed by atoms with E-state index in [2.05, 4.69) is 15.0 Å². The first kappa shape index (κ1) is 13.9. The molecule has 0 amide bonds. The first-order chi connectivity index (χ1) is 10.1. The predicted molar refractivity (Wildman–Crippen MR) is 79.2 cm³/mol. The largest absolute Gasteiger partial charge is 0.545 e. The van der Waals surface area contributed by atoms with E-state index in [9.17, 15) is 9.90 Å². The molecule has 0 spiro atoms. The number of aromatic nitrogens is 3. The topological polar surface area (TPSA) is 81.7 Å². The zero-order valence-electron chi connectivity index (χ0n) is 10.7. The first-order valence-corrected chi connectivity index (χ1v) is 7.42. The van der Waals surface area contributed by atoms with Crippen LogP contribution in [-0.4, -0.2) is 20.9 Å². The van der Waals surface area contributed by atoms with E-state index in [1.165, 1.54) is 23.9 Å². The molecule has 0 radical (unpaired) electrons. The summed E-state index contributed by atoms with van der Waals surface area (Å²) in [7, 11) is 0. The third-order valence-corrected chi connectivity index (χ3v) is 4.00. The van der Waals surface area contributed by atoms with E-state index in [4.69, 9.17) is 11.6 Å². The Balaban J connectivity index is 1.72. The van der Waals surface area contributed by atoms with Gasteiger partial charge in [0, 0.05) is 11.9 Å². The molecule has 0 saturated heterocycles. The van der Waals surface area contributed by atoms with E-state index < -0.39 is 5.97 Å². The summed E-state index contributed by atoms with van der Waals surface area (Å²) < 4.78 is 0. The quantitative estimate of drug-likeness (QED) is 0.746. The molecule has 3 rings (SSSR count). The van der Waals surface area contributed by atoms with Crippen LogP contribution >= 0.6 is 23.4 Å². The second-order valence-electron chi connectivity index (χ2n) is 4.34. The van der Waals surface area contributed by atoms with Crippen LogP contribution in [-0.2, 0) is 5.75 Å². The number of nitrogens with one attached hydrogen (secondary N) is 1. The number of nitrogens with zero attached hydrogens (tertiary/aromatic N) is 2. The molecular weight excluding hydrogens is 310 g/mol. The van der Waals surface area contributed by atoms with Crippen molar-refractivity contribution in [3.05, 3.63) is 52.7 Å². The summed E-state index contributed by atoms with van der Waals surface area (Å²) in [5.41, 5.74) is 2.58. The molecule has 21 heavy (non-hydrogen) atoms. The number of benzene rings is 1. The minimum Gasteiger partial charge on any atom is -0.545 e. The lowest BCUT2D eigenvalue weighted by Crippen LogP contribution is -2.21. The van der Waals surface area contributed by atoms with Crippen molar-refractivity contribution in [3.8, 4) is 0 Å². The molecule has 0 unspecified atom stereocenters. The number of carboxylic acid groups (broad SMARTS) is 1. The molecule has 1 aromatic carbocycles. The van der Waals surface area contributed by atoms with Gasteiger partial charge in [0.05, 0.1) is 16.5 Å². The van der Waals surface area contributed by atoms with Crippen molar-refractivity contribution in [1.29, 1.82) is 0 Å². The van der Waals surface area contributed by atoms with Gasteiger partial charge in [0.1, 0.15) is 0 Å². The van der Waals surface area contributed by atoms with Crippen LogP contribution in [0.15, 0.2) is 41.7 Å². The van der Waals surface area contributed by atoms with E-state index in [0.29, 0.717) is 16.4 Å². The Morgan fingerprint density at radius 2 is 2.10 bits per heavy atom. The predicted octanol–water partition coefficient (Wildman–Crippen LogP) is 2.27. The molecule has 0 aliphatic rings. The summed E-state index contributed by atoms with van der Waals surface area (Å²) in [5, 5.41) is 12.0. The maximum atomic E-state index is 10.7. The average Bonchev–Trinajstić information content (AvgIpc) is 2.87. The molecular formula is C14H9ClN3O2S-. The lowest BCUT2D eigenvalue weighted by molar-refractivity contribution is -0.255. The number of H-pyrrole nitrogens is 1. The fourth-order valence-corrected chi connectivity index (χ4v) is 2.80. The zero-order chi connectivity index (χ0) is 14.8. The molecule has 1 N–H and O–H groups in total. The van der Waals surface area contributed by atoms with Crippen molar-refractivity contribution >= 4 is 40.5 Å². The van der Waals surface area contributed by atoms with Crippen LogP contribution in [0.1, 0.15) is 15.9 Å². The number of aromatic carboxylic acids is 1. The third kappa shape index (κ3) is 3.17. The third-order valence-electron chi connectivity index (χ3n) is 2.85. The van der Waals surface area contributed by atoms with Crippen LogP contribution < -0.4 is 5.11 Å². The monoisotopic (exact) mass is 318 g/mol. The first-order valence-electron chi connectivity index (χ1n) is 6.06. The molecule has 0 fully saturated rings. The minimum atomic E-state index is -1.17. The second-order valence-corrected chi connectivity index (χ2v) is 5.74. The number of aromatic amines is 1. The average molecular weight is 319 g/mol. The molecule has 0 aliphatic heterocycles. The second kappa shape index (κ2) is 5.75. The van der Waals surface area contributed by atoms with E-state index in [0.717, 1.165) is 16.2 Å². The van der Waals surface area contributed by atoms with Gasteiger partial charge in [-0.05, 0) is 17.2 Å². The van der Waals surface area contributed by atoms with Crippen molar-refractivity contribution in [1.82, 2.24) is 15.0 Å². The van der Waals surface area contributed by atoms with Gasteiger partial charge in [-0.25, -0.2) is 9.97 Å². The number of halogens is 1. The van der Waals surface area contributed by atoms with Crippen molar-refractivity contribution in [3.63, 3.8) is 0 Å². The molecule has 0 saturated carbocycles. The lowest BCUT2D eigenvalue weighted by Gasteiger charge is -2.03. The van der Waals surface area contributed by atoms with E-state index in [-0.39, 0.29) is 5.56 Å². The molecule has 0 bridgehead atoms. The number of imidazole rings is 1. The molecule has 7 heteroatoms. The highest BCUT2D eigenvalue weighted by Gasteiger charge is 2.05. The van der Waals surface area contributed by atoms with E-state index >= 15 is 0 Å². The van der Waals surface area contributed by atoms with Crippen LogP contribution in [0.3, 0.4) is 0 Å². The van der Waals surface area contributed by atoms with Crippen LogP contribution in [0.5, 0.6) is 0 Å². The fraction of sp³-hybridized carbons (Fsp3) is 0.0714. The summed E-state index contributed by atoms with van der Waals surface area (Å²) in [4.78, 5) is 22.3. The van der Waals surface area contributed by atoms with Gasteiger partial charge < -0.3 is 14.9 Å². The number of pyridine rings is 1. The standard InChI is InChI=1S/C14H10ClN3O2S/c15-10-5-11-12(16-6-10)18-14(17-11)21-7-8-1-3-9(4-2-8)13(19)20/h1-6H,7H2,(H,19,20)(H,16,17,18)/p-1. The van der Waals surface area contributed by atoms with Gasteiger partial charge in [0.15, 0.2) is 10.8 Å². The Labute approximate surface area is 129 Å². The molecule has 2 aromatic heterocycles. The van der Waals surface area contributed by atoms with Gasteiger partial charge in [-0.1, -0.05) is 47.6 Å². The zero-order valence-corrected chi connectivity index (χ0v) is 12.2. The number of carbonyl (C=O) groups excluding carboxylic acids is 1. The molecule has 5 nitrogen and oxygen atoms in total. The Kier molecular flexibility index (Phi) is 3.81. The van der Waals surface area contributed by atoms with E-state index in [1.54, 1.807) is 24.4 Å². The summed E-state index contributed by atoms with van der Waals surface area (Å²) in [6.45, 7) is 0. The normalized spacial score (nSPS) is 10.9. The maximum absolute atomic E-state index is 10.7. The number of hydrogen-bond donors (Lipinski definition) is 1. The molecule has 0 atom stereocenters. The smallest absolute Gasteiger partial charge is 0.178 e. The number of carboxylic acids is 1. The van der Waals surface area contributed by atoms with Crippen molar-refractivity contribution in [2.45, 2.75) is 10.9 Å². The molecule has 3 aromatic rings. The minimum absolute atomic E-state index is 0.173. The van der Waals surface area contributed by atoms with Crippen LogP contribution in [0, 0.1) is 0 Å². The summed E-state index contributed by atoms with van der Waals surface area (Å²) >= 11 is 7.38. The molecule has 0 aliphatic carbocycles. The summed E-state index contributed by atoms with van der Waals surface area (Å²) in [6, 6.07) is 8.36. The SMILES string of the molecule is O=C([O-])c1ccc(CSc2nc3ncc(Cl)cc3[nH]2)cc1. The van der Waals surface area contributed by atoms with E-state index in [1.807, 2.05) is 0 Å². The molecule has 106 valence electrons. The van der Waals surface area contributed by atoms with Gasteiger partial charge in [0.25, 0.3) is 0 Å². The van der Waals surface area contributed by atoms with Crippen LogP contribution in [0.4, 0.5) is 0 Å². The van der Waals surface area contributed by atoms with Crippen LogP contribution in [0.25, 0.3) is 11.2 Å².